The maximum atomic E-state index is 2.35. The Morgan fingerprint density at radius 1 is 1.11 bits per heavy atom. The lowest BCUT2D eigenvalue weighted by Crippen LogP contribution is -2.16. The van der Waals surface area contributed by atoms with E-state index in [4.69, 9.17) is 0 Å². The summed E-state index contributed by atoms with van der Waals surface area (Å²) in [6.45, 7) is 9.12. The maximum absolute atomic E-state index is 2.35. The molecule has 0 nitrogen and oxygen atoms in total. The van der Waals surface area contributed by atoms with Crippen LogP contribution in [-0.2, 0) is 0 Å². The highest BCUT2D eigenvalue weighted by molar-refractivity contribution is 8.00. The van der Waals surface area contributed by atoms with Crippen LogP contribution in [0.3, 0.4) is 0 Å². The topological polar surface area (TPSA) is 0 Å². The Kier molecular flexibility index (Phi) is 4.37. The molecule has 0 aliphatic heterocycles. The van der Waals surface area contributed by atoms with E-state index >= 15 is 0 Å². The SMILES string of the molecule is CCSC(C)(CC)CC. The summed E-state index contributed by atoms with van der Waals surface area (Å²) in [5, 5.41) is 0. The average Bonchev–Trinajstić information content (AvgIpc) is 1.89. The third kappa shape index (κ3) is 3.14. The molecule has 0 fully saturated rings. The van der Waals surface area contributed by atoms with Gasteiger partial charge in [-0.2, -0.15) is 11.8 Å². The van der Waals surface area contributed by atoms with Crippen molar-refractivity contribution in [1.82, 2.24) is 0 Å². The number of rotatable bonds is 4. The second kappa shape index (κ2) is 4.21. The first-order chi connectivity index (χ1) is 4.18. The fraction of sp³-hybridized carbons (Fsp3) is 1.00. The smallest absolute Gasteiger partial charge is 0.0126 e. The lowest BCUT2D eigenvalue weighted by Gasteiger charge is -2.24. The Balaban J connectivity index is 3.62. The third-order valence-electron chi connectivity index (χ3n) is 1.99. The van der Waals surface area contributed by atoms with Crippen LogP contribution in [0.25, 0.3) is 0 Å². The largest absolute Gasteiger partial charge is 0.156 e. The van der Waals surface area contributed by atoms with Crippen molar-refractivity contribution in [3.63, 3.8) is 0 Å². The van der Waals surface area contributed by atoms with E-state index in [9.17, 15) is 0 Å². The molecule has 0 saturated heterocycles. The summed E-state index contributed by atoms with van der Waals surface area (Å²) < 4.78 is 0.550. The number of hydrogen-bond donors (Lipinski definition) is 0. The van der Waals surface area contributed by atoms with Gasteiger partial charge >= 0.3 is 0 Å². The van der Waals surface area contributed by atoms with Gasteiger partial charge in [-0.25, -0.2) is 0 Å². The molecule has 0 saturated carbocycles. The normalized spacial score (nSPS) is 12.0. The van der Waals surface area contributed by atoms with E-state index in [1.54, 1.807) is 0 Å². The van der Waals surface area contributed by atoms with Gasteiger partial charge in [0, 0.05) is 4.75 Å². The second-order valence-electron chi connectivity index (χ2n) is 2.59. The van der Waals surface area contributed by atoms with Gasteiger partial charge < -0.3 is 0 Å². The van der Waals surface area contributed by atoms with E-state index in [1.807, 2.05) is 0 Å². The third-order valence-corrected chi connectivity index (χ3v) is 3.55. The summed E-state index contributed by atoms with van der Waals surface area (Å²) in [6, 6.07) is 0. The second-order valence-corrected chi connectivity index (χ2v) is 4.44. The first kappa shape index (κ1) is 9.35. The minimum Gasteiger partial charge on any atom is -0.156 e. The molecule has 0 atom stereocenters. The van der Waals surface area contributed by atoms with Crippen molar-refractivity contribution in [2.24, 2.45) is 0 Å². The van der Waals surface area contributed by atoms with Crippen LogP contribution in [0.4, 0.5) is 0 Å². The van der Waals surface area contributed by atoms with Gasteiger partial charge in [-0.3, -0.25) is 0 Å². The van der Waals surface area contributed by atoms with E-state index < -0.39 is 0 Å². The van der Waals surface area contributed by atoms with Crippen LogP contribution in [0.5, 0.6) is 0 Å². The summed E-state index contributed by atoms with van der Waals surface area (Å²) in [7, 11) is 0. The van der Waals surface area contributed by atoms with Gasteiger partial charge in [0.05, 0.1) is 0 Å². The molecule has 0 amide bonds. The molecule has 0 aliphatic rings. The molecule has 0 aromatic heterocycles. The number of thioether (sulfide) groups is 1. The van der Waals surface area contributed by atoms with Crippen molar-refractivity contribution in [2.75, 3.05) is 5.75 Å². The lowest BCUT2D eigenvalue weighted by molar-refractivity contribution is 0.600. The molecule has 0 spiro atoms. The zero-order chi connectivity index (χ0) is 7.33. The molecule has 0 heterocycles. The molecular weight excluding hydrogens is 128 g/mol. The summed E-state index contributed by atoms with van der Waals surface area (Å²) in [5.74, 6) is 1.25. The minimum atomic E-state index is 0.550. The molecule has 0 unspecified atom stereocenters. The summed E-state index contributed by atoms with van der Waals surface area (Å²) in [4.78, 5) is 0. The highest BCUT2D eigenvalue weighted by atomic mass is 32.2. The standard InChI is InChI=1S/C8H18S/c1-5-8(4,6-2)9-7-3/h5-7H2,1-4H3. The van der Waals surface area contributed by atoms with Gasteiger partial charge in [0.1, 0.15) is 0 Å². The molecule has 0 aromatic carbocycles. The fourth-order valence-electron chi connectivity index (χ4n) is 0.803. The van der Waals surface area contributed by atoms with Crippen molar-refractivity contribution in [1.29, 1.82) is 0 Å². The highest BCUT2D eigenvalue weighted by Gasteiger charge is 2.17. The Bertz CT molecular complexity index is 65.0. The van der Waals surface area contributed by atoms with Gasteiger partial charge in [0.2, 0.25) is 0 Å². The van der Waals surface area contributed by atoms with Crippen molar-refractivity contribution in [3.05, 3.63) is 0 Å². The first-order valence-electron chi connectivity index (χ1n) is 3.82. The molecule has 0 aromatic rings. The zero-order valence-electron chi connectivity index (χ0n) is 7.03. The molecule has 0 rings (SSSR count). The van der Waals surface area contributed by atoms with Crippen molar-refractivity contribution < 1.29 is 0 Å². The monoisotopic (exact) mass is 146 g/mol. The van der Waals surface area contributed by atoms with Crippen LogP contribution in [-0.4, -0.2) is 10.5 Å². The molecule has 0 radical (unpaired) electrons. The van der Waals surface area contributed by atoms with Crippen LogP contribution in [0, 0.1) is 0 Å². The zero-order valence-corrected chi connectivity index (χ0v) is 7.85. The highest BCUT2D eigenvalue weighted by Crippen LogP contribution is 2.30. The molecule has 1 heteroatoms. The van der Waals surface area contributed by atoms with Gasteiger partial charge in [0.15, 0.2) is 0 Å². The van der Waals surface area contributed by atoms with Crippen molar-refractivity contribution in [2.45, 2.75) is 45.3 Å². The fourth-order valence-corrected chi connectivity index (χ4v) is 1.91. The van der Waals surface area contributed by atoms with E-state index in [2.05, 4.69) is 39.5 Å². The van der Waals surface area contributed by atoms with Crippen molar-refractivity contribution >= 4 is 11.8 Å². The number of hydrogen-bond acceptors (Lipinski definition) is 1. The molecular formula is C8H18S. The van der Waals surface area contributed by atoms with Gasteiger partial charge in [-0.15, -0.1) is 0 Å². The van der Waals surface area contributed by atoms with E-state index in [0.29, 0.717) is 4.75 Å². The molecule has 0 N–H and O–H groups in total. The summed E-state index contributed by atoms with van der Waals surface area (Å²) >= 11 is 2.08. The molecule has 0 bridgehead atoms. The Hall–Kier alpha value is 0.350. The van der Waals surface area contributed by atoms with Crippen LogP contribution >= 0.6 is 11.8 Å². The summed E-state index contributed by atoms with van der Waals surface area (Å²) in [6.07, 6.45) is 2.59. The lowest BCUT2D eigenvalue weighted by atomic mass is 10.1. The molecule has 56 valence electrons. The van der Waals surface area contributed by atoms with Gasteiger partial charge in [0.25, 0.3) is 0 Å². The molecule has 0 aliphatic carbocycles. The first-order valence-corrected chi connectivity index (χ1v) is 4.81. The summed E-state index contributed by atoms with van der Waals surface area (Å²) in [5.41, 5.74) is 0. The molecule has 9 heavy (non-hydrogen) atoms. The van der Waals surface area contributed by atoms with Crippen LogP contribution in [0.2, 0.25) is 0 Å². The Labute approximate surface area is 63.4 Å². The van der Waals surface area contributed by atoms with Gasteiger partial charge in [-0.1, -0.05) is 27.7 Å². The van der Waals surface area contributed by atoms with Crippen LogP contribution in [0.15, 0.2) is 0 Å². The maximum Gasteiger partial charge on any atom is 0.0126 e. The van der Waals surface area contributed by atoms with E-state index in [0.717, 1.165) is 0 Å². The van der Waals surface area contributed by atoms with E-state index in [1.165, 1.54) is 18.6 Å². The van der Waals surface area contributed by atoms with Crippen LogP contribution < -0.4 is 0 Å². The Morgan fingerprint density at radius 2 is 1.56 bits per heavy atom. The van der Waals surface area contributed by atoms with Crippen molar-refractivity contribution in [3.8, 4) is 0 Å². The van der Waals surface area contributed by atoms with Crippen LogP contribution in [0.1, 0.15) is 40.5 Å². The predicted molar refractivity (Wildman–Crippen MR) is 47.1 cm³/mol. The van der Waals surface area contributed by atoms with Gasteiger partial charge in [-0.05, 0) is 18.6 Å². The quantitative estimate of drug-likeness (QED) is 0.586. The predicted octanol–water partition coefficient (Wildman–Crippen LogP) is 3.32. The van der Waals surface area contributed by atoms with E-state index in [-0.39, 0.29) is 0 Å². The Morgan fingerprint density at radius 3 is 1.67 bits per heavy atom. The average molecular weight is 146 g/mol. The minimum absolute atomic E-state index is 0.550.